The number of carbonyl (C=O) groups is 1. The lowest BCUT2D eigenvalue weighted by Gasteiger charge is -2.07. The Morgan fingerprint density at radius 1 is 1.27 bits per heavy atom. The number of rotatable bonds is 7. The zero-order chi connectivity index (χ0) is 21.1. The maximum absolute atomic E-state index is 14.0. The second-order valence-electron chi connectivity index (χ2n) is 6.49. The smallest absolute Gasteiger partial charge is 0.226 e. The van der Waals surface area contributed by atoms with Crippen molar-refractivity contribution in [1.29, 1.82) is 0 Å². The summed E-state index contributed by atoms with van der Waals surface area (Å²) in [5, 5.41) is 7.81. The average molecular weight is 443 g/mol. The number of fused-ring (bicyclic) bond motifs is 1. The van der Waals surface area contributed by atoms with E-state index in [-0.39, 0.29) is 11.7 Å². The van der Waals surface area contributed by atoms with Gasteiger partial charge in [-0.1, -0.05) is 17.4 Å². The van der Waals surface area contributed by atoms with Crippen molar-refractivity contribution in [2.24, 2.45) is 0 Å². The summed E-state index contributed by atoms with van der Waals surface area (Å²) in [5.41, 5.74) is 1.04. The first-order valence-corrected chi connectivity index (χ1v) is 11.0. The molecule has 1 amide bonds. The summed E-state index contributed by atoms with van der Waals surface area (Å²) in [7, 11) is 1.63. The van der Waals surface area contributed by atoms with Crippen LogP contribution in [0.2, 0.25) is 0 Å². The number of methoxy groups -OCH3 is 1. The molecule has 4 rings (SSSR count). The summed E-state index contributed by atoms with van der Waals surface area (Å²) < 4.78 is 21.4. The van der Waals surface area contributed by atoms with Crippen LogP contribution < -0.4 is 10.1 Å². The molecule has 6 nitrogen and oxygen atoms in total. The molecule has 0 aliphatic rings. The van der Waals surface area contributed by atoms with Crippen molar-refractivity contribution in [1.82, 2.24) is 14.8 Å². The average Bonchev–Trinajstić information content (AvgIpc) is 3.32. The van der Waals surface area contributed by atoms with Gasteiger partial charge in [0.2, 0.25) is 11.0 Å². The number of hydrogen-bond donors (Lipinski definition) is 1. The van der Waals surface area contributed by atoms with E-state index < -0.39 is 0 Å². The number of anilines is 1. The number of carbonyl (C=O) groups excluding carboxylic acids is 1. The molecule has 0 aliphatic carbocycles. The minimum absolute atomic E-state index is 0.121. The lowest BCUT2D eigenvalue weighted by atomic mass is 10.3. The standard InChI is InChI=1S/C21H19FN4O2S2/c1-13-12-18(23-19(27)10-11-29-15-8-6-14(28-2)7-9-15)26(25-13)21-24-20-16(22)4-3-5-17(20)30-21/h3-9,12H,10-11H2,1-2H3,(H,23,27). The van der Waals surface area contributed by atoms with Crippen molar-refractivity contribution in [3.05, 3.63) is 60.0 Å². The monoisotopic (exact) mass is 442 g/mol. The molecule has 0 radical (unpaired) electrons. The Bertz CT molecular complexity index is 1190. The molecule has 154 valence electrons. The van der Waals surface area contributed by atoms with E-state index >= 15 is 0 Å². The summed E-state index contributed by atoms with van der Waals surface area (Å²) in [4.78, 5) is 17.9. The summed E-state index contributed by atoms with van der Waals surface area (Å²) in [6, 6.07) is 14.3. The van der Waals surface area contributed by atoms with Crippen LogP contribution in [0.5, 0.6) is 5.75 Å². The van der Waals surface area contributed by atoms with Crippen LogP contribution in [-0.2, 0) is 4.79 Å². The van der Waals surface area contributed by atoms with Crippen LogP contribution in [0.3, 0.4) is 0 Å². The summed E-state index contributed by atoms with van der Waals surface area (Å²) >= 11 is 2.92. The van der Waals surface area contributed by atoms with Gasteiger partial charge in [-0.2, -0.15) is 9.78 Å². The number of benzene rings is 2. The van der Waals surface area contributed by atoms with E-state index in [0.717, 1.165) is 21.0 Å². The SMILES string of the molecule is COc1ccc(SCCC(=O)Nc2cc(C)nn2-c2nc3c(F)cccc3s2)cc1. The highest BCUT2D eigenvalue weighted by molar-refractivity contribution is 7.99. The number of ether oxygens (including phenoxy) is 1. The van der Waals surface area contributed by atoms with Crippen molar-refractivity contribution in [2.45, 2.75) is 18.2 Å². The molecular weight excluding hydrogens is 423 g/mol. The number of nitrogens with zero attached hydrogens (tertiary/aromatic N) is 3. The Morgan fingerprint density at radius 3 is 2.80 bits per heavy atom. The highest BCUT2D eigenvalue weighted by Crippen LogP contribution is 2.29. The number of nitrogens with one attached hydrogen (secondary N) is 1. The molecule has 2 heterocycles. The van der Waals surface area contributed by atoms with Gasteiger partial charge in [-0.15, -0.1) is 11.8 Å². The van der Waals surface area contributed by atoms with E-state index in [4.69, 9.17) is 4.74 Å². The van der Waals surface area contributed by atoms with Gasteiger partial charge in [0.1, 0.15) is 22.9 Å². The van der Waals surface area contributed by atoms with Crippen molar-refractivity contribution < 1.29 is 13.9 Å². The fourth-order valence-electron chi connectivity index (χ4n) is 2.87. The molecular formula is C21H19FN4O2S2. The Labute approximate surface area is 181 Å². The third kappa shape index (κ3) is 4.47. The molecule has 0 fully saturated rings. The highest BCUT2D eigenvalue weighted by Gasteiger charge is 2.16. The van der Waals surface area contributed by atoms with Crippen LogP contribution in [0.25, 0.3) is 15.3 Å². The summed E-state index contributed by atoms with van der Waals surface area (Å²) in [5.74, 6) is 1.46. The van der Waals surface area contributed by atoms with E-state index in [9.17, 15) is 9.18 Å². The molecule has 30 heavy (non-hydrogen) atoms. The van der Waals surface area contributed by atoms with E-state index in [1.807, 2.05) is 37.3 Å². The lowest BCUT2D eigenvalue weighted by Crippen LogP contribution is -2.15. The first-order valence-electron chi connectivity index (χ1n) is 9.22. The largest absolute Gasteiger partial charge is 0.497 e. The maximum atomic E-state index is 14.0. The molecule has 0 bridgehead atoms. The van der Waals surface area contributed by atoms with Crippen LogP contribution in [0.15, 0.2) is 53.4 Å². The normalized spacial score (nSPS) is 11.0. The third-order valence-corrected chi connectivity index (χ3v) is 6.31. The molecule has 2 aromatic carbocycles. The Hall–Kier alpha value is -2.91. The van der Waals surface area contributed by atoms with Crippen molar-refractivity contribution in [3.63, 3.8) is 0 Å². The van der Waals surface area contributed by atoms with Crippen LogP contribution in [0.4, 0.5) is 10.2 Å². The van der Waals surface area contributed by atoms with E-state index in [0.29, 0.717) is 28.6 Å². The lowest BCUT2D eigenvalue weighted by molar-refractivity contribution is -0.115. The molecule has 9 heteroatoms. The Balaban J connectivity index is 1.43. The van der Waals surface area contributed by atoms with Gasteiger partial charge in [0.25, 0.3) is 0 Å². The Kier molecular flexibility index (Phi) is 6.01. The van der Waals surface area contributed by atoms with E-state index in [1.54, 1.807) is 35.7 Å². The van der Waals surface area contributed by atoms with Crippen LogP contribution >= 0.6 is 23.1 Å². The van der Waals surface area contributed by atoms with Gasteiger partial charge in [-0.25, -0.2) is 9.37 Å². The first-order chi connectivity index (χ1) is 14.5. The molecule has 4 aromatic rings. The molecule has 2 aromatic heterocycles. The van der Waals surface area contributed by atoms with Gasteiger partial charge < -0.3 is 10.1 Å². The summed E-state index contributed by atoms with van der Waals surface area (Å²) in [6.07, 6.45) is 0.343. The van der Waals surface area contributed by atoms with Gasteiger partial charge in [0.05, 0.1) is 17.5 Å². The number of thiazole rings is 1. The highest BCUT2D eigenvalue weighted by atomic mass is 32.2. The molecule has 0 saturated carbocycles. The zero-order valence-corrected chi connectivity index (χ0v) is 18.0. The number of aromatic nitrogens is 3. The number of aryl methyl sites for hydroxylation is 1. The Morgan fingerprint density at radius 2 is 2.07 bits per heavy atom. The van der Waals surface area contributed by atoms with Crippen LogP contribution in [-0.4, -0.2) is 33.5 Å². The minimum atomic E-state index is -0.375. The maximum Gasteiger partial charge on any atom is 0.226 e. The fourth-order valence-corrected chi connectivity index (χ4v) is 4.66. The van der Waals surface area contributed by atoms with Gasteiger partial charge >= 0.3 is 0 Å². The molecule has 0 saturated heterocycles. The molecule has 1 N–H and O–H groups in total. The molecule has 0 spiro atoms. The number of amides is 1. The number of para-hydroxylation sites is 1. The molecule has 0 aliphatic heterocycles. The second-order valence-corrected chi connectivity index (χ2v) is 8.67. The van der Waals surface area contributed by atoms with Crippen molar-refractivity contribution in [2.75, 3.05) is 18.2 Å². The van der Waals surface area contributed by atoms with Gasteiger partial charge in [0.15, 0.2) is 0 Å². The number of thioether (sulfide) groups is 1. The molecule has 0 atom stereocenters. The van der Waals surface area contributed by atoms with Crippen molar-refractivity contribution >= 4 is 45.0 Å². The van der Waals surface area contributed by atoms with Gasteiger partial charge in [-0.05, 0) is 43.3 Å². The fraction of sp³-hybridized carbons (Fsp3) is 0.190. The zero-order valence-electron chi connectivity index (χ0n) is 16.4. The number of halogens is 1. The van der Waals surface area contributed by atoms with Crippen molar-refractivity contribution in [3.8, 4) is 10.9 Å². The summed E-state index contributed by atoms with van der Waals surface area (Å²) in [6.45, 7) is 1.83. The molecule has 0 unspecified atom stereocenters. The second kappa shape index (κ2) is 8.85. The predicted molar refractivity (Wildman–Crippen MR) is 118 cm³/mol. The number of hydrogen-bond acceptors (Lipinski definition) is 6. The quantitative estimate of drug-likeness (QED) is 0.405. The topological polar surface area (TPSA) is 69.0 Å². The van der Waals surface area contributed by atoms with Gasteiger partial charge in [-0.3, -0.25) is 4.79 Å². The van der Waals surface area contributed by atoms with Crippen LogP contribution in [0, 0.1) is 12.7 Å². The van der Waals surface area contributed by atoms with E-state index in [1.165, 1.54) is 17.4 Å². The van der Waals surface area contributed by atoms with E-state index in [2.05, 4.69) is 15.4 Å². The van der Waals surface area contributed by atoms with Crippen LogP contribution in [0.1, 0.15) is 12.1 Å². The third-order valence-electron chi connectivity index (χ3n) is 4.30. The minimum Gasteiger partial charge on any atom is -0.497 e. The van der Waals surface area contributed by atoms with Gasteiger partial charge in [0, 0.05) is 23.1 Å². The first kappa shape index (κ1) is 20.4. The predicted octanol–water partition coefficient (Wildman–Crippen LogP) is 5.06.